The SMILES string of the molecule is CCOC(OCC)(c1ccccc1)c1cc(C(C)(C)C)c(O)c(C(C)(C)C)c1. The molecule has 0 aliphatic carbocycles. The number of ether oxygens (including phenoxy) is 2. The van der Waals surface area contributed by atoms with Gasteiger partial charge in [0.2, 0.25) is 5.79 Å². The molecule has 0 aliphatic heterocycles. The van der Waals surface area contributed by atoms with Crippen LogP contribution in [0.25, 0.3) is 0 Å². The van der Waals surface area contributed by atoms with E-state index in [1.165, 1.54) is 0 Å². The van der Waals surface area contributed by atoms with Gasteiger partial charge >= 0.3 is 0 Å². The third-order valence-electron chi connectivity index (χ3n) is 4.96. The minimum absolute atomic E-state index is 0.221. The van der Waals surface area contributed by atoms with Gasteiger partial charge in [-0.05, 0) is 36.8 Å². The Morgan fingerprint density at radius 2 is 1.14 bits per heavy atom. The second-order valence-corrected chi connectivity index (χ2v) is 9.27. The topological polar surface area (TPSA) is 38.7 Å². The number of phenols is 1. The molecule has 2 rings (SSSR count). The zero-order valence-electron chi connectivity index (χ0n) is 18.7. The van der Waals surface area contributed by atoms with Gasteiger partial charge in [-0.3, -0.25) is 0 Å². The van der Waals surface area contributed by atoms with Crippen molar-refractivity contribution in [3.8, 4) is 5.75 Å². The smallest absolute Gasteiger partial charge is 0.222 e. The van der Waals surface area contributed by atoms with Crippen LogP contribution >= 0.6 is 0 Å². The minimum Gasteiger partial charge on any atom is -0.507 e. The van der Waals surface area contributed by atoms with E-state index in [0.29, 0.717) is 19.0 Å². The normalized spacial score (nSPS) is 13.0. The Morgan fingerprint density at radius 1 is 0.714 bits per heavy atom. The summed E-state index contributed by atoms with van der Waals surface area (Å²) < 4.78 is 12.6. The highest BCUT2D eigenvalue weighted by Crippen LogP contribution is 2.44. The molecule has 0 saturated heterocycles. The predicted octanol–water partition coefficient (Wildman–Crippen LogP) is 6.26. The molecule has 154 valence electrons. The Bertz CT molecular complexity index is 739. The van der Waals surface area contributed by atoms with E-state index in [4.69, 9.17) is 9.47 Å². The van der Waals surface area contributed by atoms with Crippen LogP contribution < -0.4 is 0 Å². The van der Waals surface area contributed by atoms with E-state index < -0.39 is 5.79 Å². The van der Waals surface area contributed by atoms with Crippen LogP contribution in [-0.4, -0.2) is 18.3 Å². The number of hydrogen-bond donors (Lipinski definition) is 1. The number of benzene rings is 2. The standard InChI is InChI=1S/C25H36O3/c1-9-27-25(28-10-2,18-14-12-11-13-15-18)19-16-20(23(3,4)5)22(26)21(17-19)24(6,7)8/h11-17,26H,9-10H2,1-8H3. The van der Waals surface area contributed by atoms with Gasteiger partial charge in [0.15, 0.2) is 0 Å². The molecule has 28 heavy (non-hydrogen) atoms. The summed E-state index contributed by atoms with van der Waals surface area (Å²) in [4.78, 5) is 0. The van der Waals surface area contributed by atoms with Crippen LogP contribution in [0.1, 0.15) is 77.6 Å². The Morgan fingerprint density at radius 3 is 1.50 bits per heavy atom. The lowest BCUT2D eigenvalue weighted by atomic mass is 9.77. The molecule has 3 heteroatoms. The van der Waals surface area contributed by atoms with Gasteiger partial charge in [-0.1, -0.05) is 71.9 Å². The van der Waals surface area contributed by atoms with Gasteiger partial charge in [-0.25, -0.2) is 0 Å². The molecular weight excluding hydrogens is 348 g/mol. The lowest BCUT2D eigenvalue weighted by Crippen LogP contribution is -2.36. The van der Waals surface area contributed by atoms with E-state index >= 15 is 0 Å². The first-order valence-electron chi connectivity index (χ1n) is 10.2. The van der Waals surface area contributed by atoms with Crippen molar-refractivity contribution in [3.05, 3.63) is 64.7 Å². The predicted molar refractivity (Wildman–Crippen MR) is 116 cm³/mol. The highest BCUT2D eigenvalue weighted by molar-refractivity contribution is 5.52. The fourth-order valence-corrected chi connectivity index (χ4v) is 3.57. The Kier molecular flexibility index (Phi) is 6.62. The molecule has 0 spiro atoms. The van der Waals surface area contributed by atoms with Crippen LogP contribution in [0.4, 0.5) is 0 Å². The van der Waals surface area contributed by atoms with Crippen LogP contribution in [-0.2, 0) is 26.1 Å². The molecule has 3 nitrogen and oxygen atoms in total. The van der Waals surface area contributed by atoms with E-state index in [1.807, 2.05) is 56.3 Å². The Hall–Kier alpha value is -1.84. The van der Waals surface area contributed by atoms with E-state index in [2.05, 4.69) is 41.5 Å². The molecule has 0 amide bonds. The molecule has 0 bridgehead atoms. The number of phenolic OH excluding ortho intramolecular Hbond substituents is 1. The lowest BCUT2D eigenvalue weighted by molar-refractivity contribution is -0.213. The average molecular weight is 385 g/mol. The van der Waals surface area contributed by atoms with Gasteiger partial charge in [0.05, 0.1) is 0 Å². The van der Waals surface area contributed by atoms with Gasteiger partial charge in [0.25, 0.3) is 0 Å². The molecule has 0 unspecified atom stereocenters. The second kappa shape index (κ2) is 8.26. The second-order valence-electron chi connectivity index (χ2n) is 9.27. The molecule has 0 heterocycles. The summed E-state index contributed by atoms with van der Waals surface area (Å²) in [5.74, 6) is -0.656. The summed E-state index contributed by atoms with van der Waals surface area (Å²) in [6, 6.07) is 14.1. The van der Waals surface area contributed by atoms with Crippen molar-refractivity contribution in [1.82, 2.24) is 0 Å². The van der Waals surface area contributed by atoms with Crippen LogP contribution in [0.2, 0.25) is 0 Å². The van der Waals surface area contributed by atoms with E-state index in [-0.39, 0.29) is 10.8 Å². The van der Waals surface area contributed by atoms with Crippen LogP contribution in [0, 0.1) is 0 Å². The van der Waals surface area contributed by atoms with Crippen LogP contribution in [0.3, 0.4) is 0 Å². The van der Waals surface area contributed by atoms with Crippen molar-refractivity contribution in [2.45, 2.75) is 72.0 Å². The van der Waals surface area contributed by atoms with Crippen molar-refractivity contribution in [2.24, 2.45) is 0 Å². The molecule has 2 aromatic carbocycles. The largest absolute Gasteiger partial charge is 0.507 e. The zero-order valence-corrected chi connectivity index (χ0v) is 18.7. The molecule has 2 aromatic rings. The van der Waals surface area contributed by atoms with Gasteiger partial charge in [-0.15, -0.1) is 0 Å². The molecular formula is C25H36O3. The van der Waals surface area contributed by atoms with Crippen molar-refractivity contribution >= 4 is 0 Å². The maximum absolute atomic E-state index is 11.1. The van der Waals surface area contributed by atoms with Crippen molar-refractivity contribution in [3.63, 3.8) is 0 Å². The first kappa shape index (κ1) is 22.4. The first-order valence-corrected chi connectivity index (χ1v) is 10.2. The highest BCUT2D eigenvalue weighted by Gasteiger charge is 2.39. The summed E-state index contributed by atoms with van der Waals surface area (Å²) in [5, 5.41) is 11.1. The molecule has 1 N–H and O–H groups in total. The fourth-order valence-electron chi connectivity index (χ4n) is 3.57. The number of hydrogen-bond acceptors (Lipinski definition) is 3. The Labute approximate surface area is 170 Å². The third kappa shape index (κ3) is 4.42. The monoisotopic (exact) mass is 384 g/mol. The summed E-state index contributed by atoms with van der Waals surface area (Å²) >= 11 is 0. The fraction of sp³-hybridized carbons (Fsp3) is 0.520. The van der Waals surface area contributed by atoms with E-state index in [9.17, 15) is 5.11 Å². The maximum Gasteiger partial charge on any atom is 0.222 e. The van der Waals surface area contributed by atoms with E-state index in [1.54, 1.807) is 0 Å². The minimum atomic E-state index is -1.02. The molecule has 0 atom stereocenters. The van der Waals surface area contributed by atoms with Gasteiger partial charge in [0, 0.05) is 35.5 Å². The third-order valence-corrected chi connectivity index (χ3v) is 4.96. The molecule has 0 aromatic heterocycles. The van der Waals surface area contributed by atoms with Crippen LogP contribution in [0.15, 0.2) is 42.5 Å². The molecule has 0 fully saturated rings. The molecule has 0 saturated carbocycles. The van der Waals surface area contributed by atoms with Gasteiger partial charge in [-0.2, -0.15) is 0 Å². The van der Waals surface area contributed by atoms with Crippen molar-refractivity contribution in [1.29, 1.82) is 0 Å². The van der Waals surface area contributed by atoms with Crippen LogP contribution in [0.5, 0.6) is 5.75 Å². The average Bonchev–Trinajstić information content (AvgIpc) is 2.60. The zero-order chi connectivity index (χ0) is 21.2. The Balaban J connectivity index is 2.90. The summed E-state index contributed by atoms with van der Waals surface area (Å²) in [6.45, 7) is 17.7. The quantitative estimate of drug-likeness (QED) is 0.597. The highest BCUT2D eigenvalue weighted by atomic mass is 16.7. The first-order chi connectivity index (χ1) is 13.0. The lowest BCUT2D eigenvalue weighted by Gasteiger charge is -2.37. The van der Waals surface area contributed by atoms with Gasteiger partial charge in [0.1, 0.15) is 5.75 Å². The maximum atomic E-state index is 11.1. The number of rotatable bonds is 6. The van der Waals surface area contributed by atoms with E-state index in [0.717, 1.165) is 22.3 Å². The summed E-state index contributed by atoms with van der Waals surface area (Å²) in [5.41, 5.74) is 3.21. The molecule has 0 radical (unpaired) electrons. The molecule has 0 aliphatic rings. The number of aromatic hydroxyl groups is 1. The van der Waals surface area contributed by atoms with Crippen molar-refractivity contribution < 1.29 is 14.6 Å². The summed E-state index contributed by atoms with van der Waals surface area (Å²) in [6.07, 6.45) is 0. The van der Waals surface area contributed by atoms with Crippen molar-refractivity contribution in [2.75, 3.05) is 13.2 Å². The van der Waals surface area contributed by atoms with Gasteiger partial charge < -0.3 is 14.6 Å². The summed E-state index contributed by atoms with van der Waals surface area (Å²) in [7, 11) is 0.